The average molecular weight is 1180 g/mol. The Hall–Kier alpha value is -6.54. The van der Waals surface area contributed by atoms with E-state index in [2.05, 4.69) is 26.8 Å². The summed E-state index contributed by atoms with van der Waals surface area (Å²) in [6.07, 6.45) is -7.31. The summed E-state index contributed by atoms with van der Waals surface area (Å²) in [6.45, 7) is 19.7. The fourth-order valence-corrected chi connectivity index (χ4v) is 9.62. The number of benzene rings is 3. The number of phenols is 2. The van der Waals surface area contributed by atoms with Gasteiger partial charge < -0.3 is 88.6 Å². The van der Waals surface area contributed by atoms with Crippen LogP contribution in [0.2, 0.25) is 0 Å². The summed E-state index contributed by atoms with van der Waals surface area (Å²) in [5, 5.41) is 98.7. The maximum Gasteiger partial charge on any atom is 0.307 e. The van der Waals surface area contributed by atoms with Crippen molar-refractivity contribution < 1.29 is 103 Å². The molecule has 4 aliphatic heterocycles. The van der Waals surface area contributed by atoms with Crippen LogP contribution in [0.5, 0.6) is 23.0 Å². The Labute approximate surface area is 487 Å². The van der Waals surface area contributed by atoms with Crippen molar-refractivity contribution in [1.82, 2.24) is 0 Å². The zero-order valence-electron chi connectivity index (χ0n) is 49.3. The van der Waals surface area contributed by atoms with Crippen LogP contribution in [0, 0.1) is 38.0 Å². The lowest BCUT2D eigenvalue weighted by Crippen LogP contribution is -2.60. The third kappa shape index (κ3) is 16.0. The van der Waals surface area contributed by atoms with Crippen LogP contribution < -0.4 is 14.9 Å². The van der Waals surface area contributed by atoms with Crippen LogP contribution in [0.15, 0.2) is 99.3 Å². The molecule has 2 fully saturated rings. The topological polar surface area (TPSA) is 348 Å². The van der Waals surface area contributed by atoms with Crippen molar-refractivity contribution in [2.45, 2.75) is 170 Å². The molecule has 84 heavy (non-hydrogen) atoms. The fourth-order valence-electron chi connectivity index (χ4n) is 9.62. The molecule has 0 saturated carbocycles. The van der Waals surface area contributed by atoms with Gasteiger partial charge in [0.25, 0.3) is 0 Å². The van der Waals surface area contributed by atoms with Gasteiger partial charge in [-0.25, -0.2) is 0 Å². The molecule has 4 aromatic rings. The highest BCUT2D eigenvalue weighted by Crippen LogP contribution is 2.47. The summed E-state index contributed by atoms with van der Waals surface area (Å²) in [5.74, 6) is 0.0192. The first-order valence-corrected chi connectivity index (χ1v) is 27.9. The molecule has 0 amide bonds. The number of carbonyl (C=O) groups excluding carboxylic acids is 3. The highest BCUT2D eigenvalue weighted by atomic mass is 16.8. The molecule has 0 bridgehead atoms. The van der Waals surface area contributed by atoms with Crippen LogP contribution in [-0.4, -0.2) is 156 Å². The van der Waals surface area contributed by atoms with Gasteiger partial charge >= 0.3 is 5.97 Å². The number of Topliss-reactive ketones (excluding diaryl/α,β-unsaturated/α-hetero) is 2. The van der Waals surface area contributed by atoms with Crippen LogP contribution in [-0.2, 0) is 39.7 Å². The van der Waals surface area contributed by atoms with Gasteiger partial charge in [0.1, 0.15) is 60.2 Å². The lowest BCUT2D eigenvalue weighted by molar-refractivity contribution is -0.328. The largest absolute Gasteiger partial charge is 0.508 e. The van der Waals surface area contributed by atoms with E-state index in [4.69, 9.17) is 42.7 Å². The number of hydrogen-bond acceptors (Lipinski definition) is 22. The van der Waals surface area contributed by atoms with Crippen molar-refractivity contribution >= 4 is 28.5 Å². The number of aromatic hydroxyl groups is 2. The number of allylic oxidation sites excluding steroid dienone is 4. The van der Waals surface area contributed by atoms with E-state index in [1.54, 1.807) is 33.8 Å². The maximum absolute atomic E-state index is 12.4. The van der Waals surface area contributed by atoms with Gasteiger partial charge in [0.2, 0.25) is 24.1 Å². The molecule has 22 nitrogen and oxygen atoms in total. The van der Waals surface area contributed by atoms with Gasteiger partial charge in [-0.2, -0.15) is 0 Å². The minimum atomic E-state index is -1.63. The minimum absolute atomic E-state index is 0.0567. The highest BCUT2D eigenvalue weighted by molar-refractivity contribution is 6.13. The van der Waals surface area contributed by atoms with E-state index in [0.29, 0.717) is 40.2 Å². The second-order valence-corrected chi connectivity index (χ2v) is 21.5. The van der Waals surface area contributed by atoms with E-state index in [0.717, 1.165) is 23.5 Å². The number of esters is 1. The first-order valence-electron chi connectivity index (χ1n) is 27.9. The highest BCUT2D eigenvalue weighted by Gasteiger charge is 2.50. The van der Waals surface area contributed by atoms with E-state index >= 15 is 0 Å². The van der Waals surface area contributed by atoms with E-state index < -0.39 is 98.0 Å². The van der Waals surface area contributed by atoms with Crippen LogP contribution >= 0.6 is 0 Å². The molecule has 4 aliphatic rings. The van der Waals surface area contributed by atoms with E-state index in [-0.39, 0.29) is 58.4 Å². The molecule has 8 rings (SSSR count). The molecule has 5 heterocycles. The number of aliphatic hydroxyl groups is 8. The minimum Gasteiger partial charge on any atom is -0.508 e. The van der Waals surface area contributed by atoms with Crippen LogP contribution in [0.3, 0.4) is 0 Å². The molecule has 14 atom stereocenters. The van der Waals surface area contributed by atoms with Crippen molar-refractivity contribution in [2.75, 3.05) is 19.8 Å². The van der Waals surface area contributed by atoms with Gasteiger partial charge in [-0.15, -0.1) is 0 Å². The summed E-state index contributed by atoms with van der Waals surface area (Å²) in [4.78, 5) is 48.2. The standard InChI is InChI=1S/C21H32O10.C16H18O9.C14H22O.C11H10O2/c1-5-7-28-15(24)8-21(4)12(6-2)19(29-10-13(21)11(3)23)31-20-18(27)17(26)16(25)14(9-22)30-20;1-2-7-10(18)6-3-4-8(12(20)15(6)23-7)24-16-14(22)13(21)11(19)9(5-17)25-16;1-5-10(2)12(4)8-13-7-6-11(3)14(15)9-13;1-7-3-4-9-10(5-7)13-6-8(2)11(9)12/h6,10,14,16-20,22,25-27H,5,7-9H2,1-4H3;2-4,9,11,13-14,16-17,19-22H,5H2,1H3;6-7,9-10,12,15H,5,8H2,1-4H3;3-6H,1-2H3/b12-6-;7-2-;;/t14?,16?,17?,18?,19-,20?,21-;;;/m0.../s1. The van der Waals surface area contributed by atoms with Gasteiger partial charge in [0.05, 0.1) is 49.7 Å². The number of aryl methyl sites for hydroxylation is 3. The van der Waals surface area contributed by atoms with Gasteiger partial charge in [-0.3, -0.25) is 19.2 Å². The Balaban J connectivity index is 0.000000216. The number of carbonyl (C=O) groups is 3. The van der Waals surface area contributed by atoms with Crippen molar-refractivity contribution in [1.29, 1.82) is 0 Å². The number of ether oxygens (including phenoxy) is 7. The Morgan fingerprint density at radius 1 is 0.774 bits per heavy atom. The fraction of sp³-hybridized carbons (Fsp3) is 0.516. The number of aliphatic hydroxyl groups excluding tert-OH is 8. The van der Waals surface area contributed by atoms with E-state index in [9.17, 15) is 65.1 Å². The molecule has 0 radical (unpaired) electrons. The maximum atomic E-state index is 12.4. The molecule has 1 aromatic heterocycles. The third-order valence-electron chi connectivity index (χ3n) is 15.2. The molecule has 22 heteroatoms. The van der Waals surface area contributed by atoms with Gasteiger partial charge in [-0.05, 0) is 119 Å². The smallest absolute Gasteiger partial charge is 0.307 e. The van der Waals surface area contributed by atoms with E-state index in [1.807, 2.05) is 51.1 Å². The number of phenolic OH excluding ortho intramolecular Hbond substituents is 2. The van der Waals surface area contributed by atoms with Crippen molar-refractivity contribution in [3.05, 3.63) is 128 Å². The Bertz CT molecular complexity index is 3050. The number of ketones is 2. The molecule has 2 saturated heterocycles. The Morgan fingerprint density at radius 2 is 1.40 bits per heavy atom. The lowest BCUT2D eigenvalue weighted by Gasteiger charge is -2.44. The van der Waals surface area contributed by atoms with Gasteiger partial charge in [0.15, 0.2) is 34.8 Å². The van der Waals surface area contributed by atoms with Gasteiger partial charge in [-0.1, -0.05) is 65.3 Å². The number of hydrogen-bond donors (Lipinski definition) is 10. The predicted octanol–water partition coefficient (Wildman–Crippen LogP) is 5.31. The molecular weight excluding hydrogens is 1100 g/mol. The van der Waals surface area contributed by atoms with E-state index in [1.165, 1.54) is 49.6 Å². The zero-order chi connectivity index (χ0) is 62.5. The molecule has 12 unspecified atom stereocenters. The number of rotatable bonds is 15. The summed E-state index contributed by atoms with van der Waals surface area (Å²) in [5.41, 5.74) is 4.39. The normalized spacial score (nSPS) is 27.9. The van der Waals surface area contributed by atoms with Crippen LogP contribution in [0.25, 0.3) is 11.0 Å². The molecule has 0 spiro atoms. The molecule has 0 aliphatic carbocycles. The summed E-state index contributed by atoms with van der Waals surface area (Å²) < 4.78 is 43.0. The second kappa shape index (κ2) is 30.5. The van der Waals surface area contributed by atoms with Crippen LogP contribution in [0.1, 0.15) is 107 Å². The zero-order valence-corrected chi connectivity index (χ0v) is 49.3. The van der Waals surface area contributed by atoms with Crippen molar-refractivity contribution in [3.63, 3.8) is 0 Å². The second-order valence-electron chi connectivity index (χ2n) is 21.5. The number of fused-ring (bicyclic) bond motifs is 2. The monoisotopic (exact) mass is 1180 g/mol. The Kier molecular flexibility index (Phi) is 24.8. The molecular formula is C62H82O22. The van der Waals surface area contributed by atoms with Gasteiger partial charge in [0, 0.05) is 22.1 Å². The molecule has 3 aromatic carbocycles. The molecule has 10 N–H and O–H groups in total. The summed E-state index contributed by atoms with van der Waals surface area (Å²) in [6, 6.07) is 14.3. The predicted molar refractivity (Wildman–Crippen MR) is 305 cm³/mol. The first kappa shape index (κ1) is 68.2. The first-order chi connectivity index (χ1) is 39.7. The lowest BCUT2D eigenvalue weighted by atomic mass is 9.70. The SMILES string of the molecule is C/C=C1/[C@H](OC2OC(CO)C(O)C(O)C2O)OC=C(C(C)=O)[C@@]1(C)CC(=O)OCCC.C/C=C1\Oc2c(ccc(OC3OC(CO)C(O)C(O)C3O)c2O)C1=O.CCC(C)C(C)Cc1ccc(C)c(O)c1.Cc1ccc2c(=O)c(C)coc2c1. The summed E-state index contributed by atoms with van der Waals surface area (Å²) in [7, 11) is 0. The summed E-state index contributed by atoms with van der Waals surface area (Å²) >= 11 is 0. The van der Waals surface area contributed by atoms with Crippen molar-refractivity contribution in [2.24, 2.45) is 17.3 Å². The third-order valence-corrected chi connectivity index (χ3v) is 15.2. The molecule has 462 valence electrons. The average Bonchev–Trinajstić information content (AvgIpc) is 3.90. The quantitative estimate of drug-likeness (QED) is 0.0409. The van der Waals surface area contributed by atoms with Crippen LogP contribution in [0.4, 0.5) is 0 Å². The Morgan fingerprint density at radius 3 is 1.98 bits per heavy atom. The van der Waals surface area contributed by atoms with Crippen molar-refractivity contribution in [3.8, 4) is 23.0 Å².